The van der Waals surface area contributed by atoms with Crippen LogP contribution in [0.5, 0.6) is 5.75 Å². The summed E-state index contributed by atoms with van der Waals surface area (Å²) in [4.78, 5) is 12.9. The third-order valence-electron chi connectivity index (χ3n) is 5.18. The Labute approximate surface area is 184 Å². The number of carbonyl (C=O) groups excluding carboxylic acids is 1. The van der Waals surface area contributed by atoms with E-state index in [-0.39, 0.29) is 23.3 Å². The minimum Gasteiger partial charge on any atom is -0.497 e. The molecule has 32 heavy (non-hydrogen) atoms. The monoisotopic (exact) mass is 460 g/mol. The molecule has 1 saturated heterocycles. The first kappa shape index (κ1) is 21.9. The number of nitrogens with one attached hydrogen (secondary N) is 1. The summed E-state index contributed by atoms with van der Waals surface area (Å²) in [6, 6.07) is 11.6. The zero-order valence-electron chi connectivity index (χ0n) is 17.2. The zero-order valence-corrected chi connectivity index (χ0v) is 18.0. The molecule has 0 aliphatic carbocycles. The van der Waals surface area contributed by atoms with Gasteiger partial charge in [0.05, 0.1) is 17.9 Å². The van der Waals surface area contributed by atoms with E-state index in [0.29, 0.717) is 30.7 Å². The average molecular weight is 460 g/mol. The predicted molar refractivity (Wildman–Crippen MR) is 113 cm³/mol. The second kappa shape index (κ2) is 9.05. The molecule has 1 fully saturated rings. The number of methoxy groups -OCH3 is 1. The number of carbonyl (C=O) groups is 1. The molecule has 0 saturated carbocycles. The van der Waals surface area contributed by atoms with Crippen LogP contribution in [0.2, 0.25) is 0 Å². The van der Waals surface area contributed by atoms with Crippen molar-refractivity contribution < 1.29 is 26.8 Å². The first-order chi connectivity index (χ1) is 15.4. The molecule has 2 heterocycles. The normalized spacial score (nSPS) is 17.1. The van der Waals surface area contributed by atoms with Gasteiger partial charge in [0, 0.05) is 18.7 Å². The van der Waals surface area contributed by atoms with Crippen molar-refractivity contribution in [1.29, 1.82) is 0 Å². The van der Waals surface area contributed by atoms with Crippen molar-refractivity contribution in [1.82, 2.24) is 14.5 Å². The molecule has 1 aliphatic heterocycles. The average Bonchev–Trinajstić information content (AvgIpc) is 3.27. The molecule has 11 heteroatoms. The Hall–Kier alpha value is -3.31. The van der Waals surface area contributed by atoms with Crippen LogP contribution in [0, 0.1) is 11.7 Å². The molecule has 1 aromatic heterocycles. The SMILES string of the molecule is COc1ccc(S(=O)(=O)N2CCCC(C(=O)Nc3nnc(-c4cccc(F)c4)o3)C2)cc1. The quantitative estimate of drug-likeness (QED) is 0.601. The number of ether oxygens (including phenoxy) is 1. The van der Waals surface area contributed by atoms with Gasteiger partial charge in [-0.2, -0.15) is 4.31 Å². The molecule has 0 radical (unpaired) electrons. The van der Waals surface area contributed by atoms with Crippen molar-refractivity contribution in [2.24, 2.45) is 5.92 Å². The first-order valence-corrected chi connectivity index (χ1v) is 11.4. The number of anilines is 1. The maximum atomic E-state index is 13.4. The highest BCUT2D eigenvalue weighted by Gasteiger charge is 2.34. The van der Waals surface area contributed by atoms with Gasteiger partial charge in [0.15, 0.2) is 0 Å². The van der Waals surface area contributed by atoms with E-state index in [4.69, 9.17) is 9.15 Å². The molecule has 1 aliphatic rings. The summed E-state index contributed by atoms with van der Waals surface area (Å²) in [6.45, 7) is 0.355. The smallest absolute Gasteiger partial charge is 0.322 e. The molecule has 0 bridgehead atoms. The molecule has 1 amide bonds. The fourth-order valence-electron chi connectivity index (χ4n) is 3.49. The minimum absolute atomic E-state index is 0.0328. The lowest BCUT2D eigenvalue weighted by molar-refractivity contribution is -0.121. The van der Waals surface area contributed by atoms with E-state index < -0.39 is 27.7 Å². The van der Waals surface area contributed by atoms with Gasteiger partial charge in [-0.3, -0.25) is 10.1 Å². The highest BCUT2D eigenvalue weighted by molar-refractivity contribution is 7.89. The van der Waals surface area contributed by atoms with Crippen LogP contribution in [0.1, 0.15) is 12.8 Å². The Morgan fingerprint density at radius 2 is 2.00 bits per heavy atom. The van der Waals surface area contributed by atoms with Gasteiger partial charge in [-0.15, -0.1) is 5.10 Å². The Morgan fingerprint density at radius 1 is 1.22 bits per heavy atom. The molecule has 168 valence electrons. The van der Waals surface area contributed by atoms with Gasteiger partial charge in [0.2, 0.25) is 21.8 Å². The van der Waals surface area contributed by atoms with Gasteiger partial charge < -0.3 is 9.15 Å². The summed E-state index contributed by atoms with van der Waals surface area (Å²) < 4.78 is 51.1. The van der Waals surface area contributed by atoms with E-state index in [0.717, 1.165) is 0 Å². The number of hydrogen-bond acceptors (Lipinski definition) is 7. The molecule has 2 aromatic carbocycles. The Bertz CT molecular complexity index is 1210. The van der Waals surface area contributed by atoms with Crippen LogP contribution in [-0.4, -0.2) is 49.0 Å². The van der Waals surface area contributed by atoms with Crippen LogP contribution in [0.4, 0.5) is 10.4 Å². The Balaban J connectivity index is 1.43. The molecule has 1 N–H and O–H groups in total. The van der Waals surface area contributed by atoms with Crippen LogP contribution in [0.3, 0.4) is 0 Å². The maximum Gasteiger partial charge on any atom is 0.322 e. The molecule has 0 spiro atoms. The van der Waals surface area contributed by atoms with Crippen molar-refractivity contribution in [3.63, 3.8) is 0 Å². The highest BCUT2D eigenvalue weighted by Crippen LogP contribution is 2.26. The number of nitrogens with zero attached hydrogens (tertiary/aromatic N) is 3. The summed E-state index contributed by atoms with van der Waals surface area (Å²) >= 11 is 0. The van der Waals surface area contributed by atoms with Crippen LogP contribution < -0.4 is 10.1 Å². The zero-order chi connectivity index (χ0) is 22.7. The van der Waals surface area contributed by atoms with Crippen molar-refractivity contribution >= 4 is 21.9 Å². The van der Waals surface area contributed by atoms with Crippen LogP contribution in [0.15, 0.2) is 57.8 Å². The lowest BCUT2D eigenvalue weighted by Gasteiger charge is -2.30. The standard InChI is InChI=1S/C21H21FN4O5S/c1-30-17-7-9-18(10-8-17)32(28,29)26-11-3-5-15(13-26)19(27)23-21-25-24-20(31-21)14-4-2-6-16(22)12-14/h2,4,6-10,12,15H,3,5,11,13H2,1H3,(H,23,25,27). The third-order valence-corrected chi connectivity index (χ3v) is 7.06. The van der Waals surface area contributed by atoms with Crippen LogP contribution in [0.25, 0.3) is 11.5 Å². The molecule has 9 nitrogen and oxygen atoms in total. The van der Waals surface area contributed by atoms with Crippen molar-refractivity contribution in [2.45, 2.75) is 17.7 Å². The maximum absolute atomic E-state index is 13.4. The number of aromatic nitrogens is 2. The van der Waals surface area contributed by atoms with Crippen molar-refractivity contribution in [3.05, 3.63) is 54.3 Å². The Morgan fingerprint density at radius 3 is 2.72 bits per heavy atom. The number of sulfonamides is 1. The second-order valence-electron chi connectivity index (χ2n) is 7.29. The van der Waals surface area contributed by atoms with Gasteiger partial charge in [-0.25, -0.2) is 12.8 Å². The lowest BCUT2D eigenvalue weighted by atomic mass is 9.99. The third kappa shape index (κ3) is 4.63. The predicted octanol–water partition coefficient (Wildman–Crippen LogP) is 2.92. The van der Waals surface area contributed by atoms with Crippen LogP contribution in [-0.2, 0) is 14.8 Å². The number of rotatable bonds is 6. The van der Waals surface area contributed by atoms with E-state index in [1.807, 2.05) is 0 Å². The van der Waals surface area contributed by atoms with Gasteiger partial charge in [0.1, 0.15) is 11.6 Å². The van der Waals surface area contributed by atoms with E-state index in [9.17, 15) is 17.6 Å². The minimum atomic E-state index is -3.75. The summed E-state index contributed by atoms with van der Waals surface area (Å²) in [5.41, 5.74) is 0.382. The van der Waals surface area contributed by atoms with Gasteiger partial charge in [0.25, 0.3) is 0 Å². The van der Waals surface area contributed by atoms with Crippen molar-refractivity contribution in [3.8, 4) is 17.2 Å². The molecule has 3 aromatic rings. The number of amides is 1. The van der Waals surface area contributed by atoms with E-state index in [2.05, 4.69) is 15.5 Å². The molecular formula is C21H21FN4O5S. The van der Waals surface area contributed by atoms with Crippen molar-refractivity contribution in [2.75, 3.05) is 25.5 Å². The second-order valence-corrected chi connectivity index (χ2v) is 9.23. The number of benzene rings is 2. The van der Waals surface area contributed by atoms with Crippen LogP contribution >= 0.6 is 0 Å². The summed E-state index contributed by atoms with van der Waals surface area (Å²) in [6.07, 6.45) is 1.05. The molecular weight excluding hydrogens is 439 g/mol. The van der Waals surface area contributed by atoms with E-state index in [1.54, 1.807) is 18.2 Å². The summed E-state index contributed by atoms with van der Waals surface area (Å²) in [7, 11) is -2.25. The fraction of sp³-hybridized carbons (Fsp3) is 0.286. The molecule has 1 unspecified atom stereocenters. The first-order valence-electron chi connectivity index (χ1n) is 9.91. The largest absolute Gasteiger partial charge is 0.497 e. The molecule has 4 rings (SSSR count). The summed E-state index contributed by atoms with van der Waals surface area (Å²) in [5, 5.41) is 10.1. The lowest BCUT2D eigenvalue weighted by Crippen LogP contribution is -2.43. The number of halogens is 1. The van der Waals surface area contributed by atoms with E-state index in [1.165, 1.54) is 41.7 Å². The van der Waals surface area contributed by atoms with Gasteiger partial charge in [-0.1, -0.05) is 11.2 Å². The Kier molecular flexibility index (Phi) is 6.19. The van der Waals surface area contributed by atoms with E-state index >= 15 is 0 Å². The fourth-order valence-corrected chi connectivity index (χ4v) is 5.01. The van der Waals surface area contributed by atoms with Gasteiger partial charge in [-0.05, 0) is 55.3 Å². The number of hydrogen-bond donors (Lipinski definition) is 1. The topological polar surface area (TPSA) is 115 Å². The number of piperidine rings is 1. The summed E-state index contributed by atoms with van der Waals surface area (Å²) in [5.74, 6) is -0.841. The highest BCUT2D eigenvalue weighted by atomic mass is 32.2. The molecule has 1 atom stereocenters. The van der Waals surface area contributed by atoms with Gasteiger partial charge >= 0.3 is 6.01 Å².